The third-order valence-electron chi connectivity index (χ3n) is 3.56. The van der Waals surface area contributed by atoms with Gasteiger partial charge in [0.1, 0.15) is 0 Å². The molecule has 0 bridgehead atoms. The Morgan fingerprint density at radius 2 is 1.70 bits per heavy atom. The number of carbonyl (C=O) groups is 2. The lowest BCUT2D eigenvalue weighted by atomic mass is 9.91. The normalized spacial score (nSPS) is 22.4. The Kier molecular flexibility index (Phi) is 4.27. The van der Waals surface area contributed by atoms with E-state index < -0.39 is 6.03 Å². The molecule has 1 aromatic carbocycles. The quantitative estimate of drug-likeness (QED) is 0.869. The standard InChI is InChI=1S/C15H21N3O2/c1-10-7-11(2)9-18(8-10)14(19)12-3-5-13(6-4-12)17-15(16)20/h3-6,10-11H,7-9H2,1-2H3,(H3,16,17,20). The van der Waals surface area contributed by atoms with Crippen LogP contribution in [0, 0.1) is 11.8 Å². The zero-order valence-corrected chi connectivity index (χ0v) is 11.9. The lowest BCUT2D eigenvalue weighted by Crippen LogP contribution is -2.42. The molecule has 3 amide bonds. The van der Waals surface area contributed by atoms with Crippen LogP contribution in [0.15, 0.2) is 24.3 Å². The van der Waals surface area contributed by atoms with Crippen LogP contribution in [0.5, 0.6) is 0 Å². The van der Waals surface area contributed by atoms with Gasteiger partial charge in [-0.1, -0.05) is 13.8 Å². The van der Waals surface area contributed by atoms with Gasteiger partial charge in [0.15, 0.2) is 0 Å². The fraction of sp³-hybridized carbons (Fsp3) is 0.467. The predicted octanol–water partition coefficient (Wildman–Crippen LogP) is 2.30. The Morgan fingerprint density at radius 3 is 2.20 bits per heavy atom. The SMILES string of the molecule is CC1CC(C)CN(C(=O)c2ccc(NC(N)=O)cc2)C1. The first-order chi connectivity index (χ1) is 9.45. The number of nitrogens with two attached hydrogens (primary N) is 1. The molecular weight excluding hydrogens is 254 g/mol. The summed E-state index contributed by atoms with van der Waals surface area (Å²) in [6.45, 7) is 5.97. The minimum Gasteiger partial charge on any atom is -0.351 e. The molecule has 20 heavy (non-hydrogen) atoms. The van der Waals surface area contributed by atoms with E-state index in [1.807, 2.05) is 4.90 Å². The topological polar surface area (TPSA) is 75.4 Å². The largest absolute Gasteiger partial charge is 0.351 e. The molecule has 1 saturated heterocycles. The second-order valence-electron chi connectivity index (χ2n) is 5.72. The van der Waals surface area contributed by atoms with Crippen LogP contribution in [0.3, 0.4) is 0 Å². The highest BCUT2D eigenvalue weighted by Gasteiger charge is 2.25. The van der Waals surface area contributed by atoms with Crippen molar-refractivity contribution >= 4 is 17.6 Å². The molecule has 0 saturated carbocycles. The number of nitrogens with one attached hydrogen (secondary N) is 1. The molecule has 0 spiro atoms. The zero-order chi connectivity index (χ0) is 14.7. The number of nitrogens with zero attached hydrogens (tertiary/aromatic N) is 1. The van der Waals surface area contributed by atoms with Gasteiger partial charge < -0.3 is 16.0 Å². The summed E-state index contributed by atoms with van der Waals surface area (Å²) in [5.74, 6) is 1.13. The second-order valence-corrected chi connectivity index (χ2v) is 5.72. The minimum atomic E-state index is -0.609. The van der Waals surface area contributed by atoms with E-state index in [1.54, 1.807) is 24.3 Å². The molecule has 1 aromatic rings. The number of hydrogen-bond acceptors (Lipinski definition) is 2. The van der Waals surface area contributed by atoms with Crippen molar-refractivity contribution in [2.24, 2.45) is 17.6 Å². The van der Waals surface area contributed by atoms with E-state index in [1.165, 1.54) is 6.42 Å². The Bertz CT molecular complexity index is 488. The number of carbonyl (C=O) groups excluding carboxylic acids is 2. The number of rotatable bonds is 2. The van der Waals surface area contributed by atoms with E-state index in [0.717, 1.165) is 13.1 Å². The smallest absolute Gasteiger partial charge is 0.316 e. The summed E-state index contributed by atoms with van der Waals surface area (Å²) in [6, 6.07) is 6.21. The van der Waals surface area contributed by atoms with E-state index in [2.05, 4.69) is 19.2 Å². The molecule has 5 heteroatoms. The third kappa shape index (κ3) is 3.50. The summed E-state index contributed by atoms with van der Waals surface area (Å²) in [5.41, 5.74) is 6.28. The molecule has 0 radical (unpaired) electrons. The molecule has 3 N–H and O–H groups in total. The van der Waals surface area contributed by atoms with Gasteiger partial charge in [-0.2, -0.15) is 0 Å². The van der Waals surface area contributed by atoms with Gasteiger partial charge in [0.05, 0.1) is 0 Å². The lowest BCUT2D eigenvalue weighted by molar-refractivity contribution is 0.0623. The summed E-state index contributed by atoms with van der Waals surface area (Å²) < 4.78 is 0. The van der Waals surface area contributed by atoms with Crippen molar-refractivity contribution in [2.45, 2.75) is 20.3 Å². The molecule has 1 fully saturated rings. The average Bonchev–Trinajstić information content (AvgIpc) is 2.37. The van der Waals surface area contributed by atoms with Gasteiger partial charge in [0.25, 0.3) is 5.91 Å². The van der Waals surface area contributed by atoms with Crippen LogP contribution in [-0.4, -0.2) is 29.9 Å². The maximum absolute atomic E-state index is 12.4. The summed E-state index contributed by atoms with van der Waals surface area (Å²) in [7, 11) is 0. The zero-order valence-electron chi connectivity index (χ0n) is 11.9. The molecule has 1 heterocycles. The molecule has 2 rings (SSSR count). The first-order valence-electron chi connectivity index (χ1n) is 6.91. The number of amides is 3. The number of benzene rings is 1. The van der Waals surface area contributed by atoms with Crippen LogP contribution in [0.2, 0.25) is 0 Å². The van der Waals surface area contributed by atoms with Crippen molar-refractivity contribution in [2.75, 3.05) is 18.4 Å². The number of primary amides is 1. The number of anilines is 1. The third-order valence-corrected chi connectivity index (χ3v) is 3.56. The fourth-order valence-corrected chi connectivity index (χ4v) is 2.85. The summed E-state index contributed by atoms with van der Waals surface area (Å²) in [4.78, 5) is 25.1. The van der Waals surface area contributed by atoms with Crippen molar-refractivity contribution < 1.29 is 9.59 Å². The first-order valence-corrected chi connectivity index (χ1v) is 6.91. The highest BCUT2D eigenvalue weighted by atomic mass is 16.2. The molecule has 1 aliphatic heterocycles. The van der Waals surface area contributed by atoms with E-state index in [0.29, 0.717) is 23.1 Å². The van der Waals surface area contributed by atoms with E-state index in [-0.39, 0.29) is 5.91 Å². The molecule has 2 unspecified atom stereocenters. The molecular formula is C15H21N3O2. The van der Waals surface area contributed by atoms with Crippen LogP contribution < -0.4 is 11.1 Å². The monoisotopic (exact) mass is 275 g/mol. The fourth-order valence-electron chi connectivity index (χ4n) is 2.85. The van der Waals surface area contributed by atoms with Gasteiger partial charge in [-0.3, -0.25) is 4.79 Å². The van der Waals surface area contributed by atoms with Crippen LogP contribution in [-0.2, 0) is 0 Å². The average molecular weight is 275 g/mol. The van der Waals surface area contributed by atoms with Crippen LogP contribution in [0.4, 0.5) is 10.5 Å². The van der Waals surface area contributed by atoms with Crippen molar-refractivity contribution in [1.82, 2.24) is 4.90 Å². The van der Waals surface area contributed by atoms with Crippen LogP contribution >= 0.6 is 0 Å². The molecule has 0 aliphatic carbocycles. The maximum atomic E-state index is 12.4. The van der Waals surface area contributed by atoms with Gasteiger partial charge in [-0.25, -0.2) is 4.79 Å². The molecule has 108 valence electrons. The maximum Gasteiger partial charge on any atom is 0.316 e. The van der Waals surface area contributed by atoms with E-state index in [4.69, 9.17) is 5.73 Å². The highest BCUT2D eigenvalue weighted by Crippen LogP contribution is 2.22. The number of piperidine rings is 1. The molecule has 5 nitrogen and oxygen atoms in total. The molecule has 0 aromatic heterocycles. The molecule has 2 atom stereocenters. The Labute approximate surface area is 119 Å². The van der Waals surface area contributed by atoms with Gasteiger partial charge in [-0.05, 0) is 42.5 Å². The van der Waals surface area contributed by atoms with Crippen LogP contribution in [0.1, 0.15) is 30.6 Å². The second kappa shape index (κ2) is 5.94. The van der Waals surface area contributed by atoms with Crippen molar-refractivity contribution in [3.05, 3.63) is 29.8 Å². The minimum absolute atomic E-state index is 0.0500. The van der Waals surface area contributed by atoms with Gasteiger partial charge in [0, 0.05) is 24.3 Å². The van der Waals surface area contributed by atoms with Gasteiger partial charge >= 0.3 is 6.03 Å². The van der Waals surface area contributed by atoms with Gasteiger partial charge in [0.2, 0.25) is 0 Å². The van der Waals surface area contributed by atoms with E-state index >= 15 is 0 Å². The Balaban J connectivity index is 2.07. The van der Waals surface area contributed by atoms with Crippen molar-refractivity contribution in [3.63, 3.8) is 0 Å². The highest BCUT2D eigenvalue weighted by molar-refractivity contribution is 5.95. The van der Waals surface area contributed by atoms with Gasteiger partial charge in [-0.15, -0.1) is 0 Å². The summed E-state index contributed by atoms with van der Waals surface area (Å²) in [5, 5.41) is 2.48. The number of likely N-dealkylation sites (tertiary alicyclic amines) is 1. The Morgan fingerprint density at radius 1 is 1.15 bits per heavy atom. The first kappa shape index (κ1) is 14.4. The van der Waals surface area contributed by atoms with Crippen LogP contribution in [0.25, 0.3) is 0 Å². The number of hydrogen-bond donors (Lipinski definition) is 2. The summed E-state index contributed by atoms with van der Waals surface area (Å²) in [6.07, 6.45) is 1.17. The lowest BCUT2D eigenvalue weighted by Gasteiger charge is -2.35. The molecule has 1 aliphatic rings. The number of urea groups is 1. The summed E-state index contributed by atoms with van der Waals surface area (Å²) >= 11 is 0. The van der Waals surface area contributed by atoms with E-state index in [9.17, 15) is 9.59 Å². The van der Waals surface area contributed by atoms with Crippen molar-refractivity contribution in [3.8, 4) is 0 Å². The Hall–Kier alpha value is -2.04. The van der Waals surface area contributed by atoms with Crippen molar-refractivity contribution in [1.29, 1.82) is 0 Å². The predicted molar refractivity (Wildman–Crippen MR) is 78.5 cm³/mol.